The molecule has 0 unspecified atom stereocenters. The van der Waals surface area contributed by atoms with Gasteiger partial charge in [0.1, 0.15) is 5.75 Å². The SMILES string of the molecule is COc1ccc(C[C@H]2CN(C(=O)c3ncccn3)CC[C@H]2OC)cc1. The fraction of sp³-hybridized carbons (Fsp3) is 0.421. The summed E-state index contributed by atoms with van der Waals surface area (Å²) in [5, 5.41) is 0. The summed E-state index contributed by atoms with van der Waals surface area (Å²) in [6.45, 7) is 1.30. The highest BCUT2D eigenvalue weighted by molar-refractivity contribution is 5.90. The number of carbonyl (C=O) groups excluding carboxylic acids is 1. The van der Waals surface area contributed by atoms with Crippen LogP contribution in [-0.2, 0) is 11.2 Å². The minimum Gasteiger partial charge on any atom is -0.497 e. The van der Waals surface area contributed by atoms with E-state index in [1.165, 1.54) is 5.56 Å². The van der Waals surface area contributed by atoms with Gasteiger partial charge in [-0.25, -0.2) is 9.97 Å². The van der Waals surface area contributed by atoms with Crippen LogP contribution in [0.2, 0.25) is 0 Å². The molecule has 1 aliphatic heterocycles. The molecular formula is C19H23N3O3. The van der Waals surface area contributed by atoms with Gasteiger partial charge in [0.15, 0.2) is 0 Å². The Morgan fingerprint density at radius 2 is 1.92 bits per heavy atom. The van der Waals surface area contributed by atoms with Gasteiger partial charge in [-0.2, -0.15) is 0 Å². The molecule has 0 radical (unpaired) electrons. The Bertz CT molecular complexity index is 691. The molecule has 2 heterocycles. The largest absolute Gasteiger partial charge is 0.497 e. The lowest BCUT2D eigenvalue weighted by molar-refractivity contribution is -0.00337. The van der Waals surface area contributed by atoms with Crippen molar-refractivity contribution in [3.63, 3.8) is 0 Å². The van der Waals surface area contributed by atoms with Crippen LogP contribution >= 0.6 is 0 Å². The summed E-state index contributed by atoms with van der Waals surface area (Å²) < 4.78 is 10.9. The maximum absolute atomic E-state index is 12.6. The summed E-state index contributed by atoms with van der Waals surface area (Å²) in [6.07, 6.45) is 4.99. The van der Waals surface area contributed by atoms with Crippen molar-refractivity contribution in [2.75, 3.05) is 27.3 Å². The van der Waals surface area contributed by atoms with E-state index in [2.05, 4.69) is 22.1 Å². The second-order valence-corrected chi connectivity index (χ2v) is 6.20. The van der Waals surface area contributed by atoms with Crippen molar-refractivity contribution in [3.05, 3.63) is 54.1 Å². The summed E-state index contributed by atoms with van der Waals surface area (Å²) in [6, 6.07) is 9.75. The zero-order valence-electron chi connectivity index (χ0n) is 14.6. The molecular weight excluding hydrogens is 318 g/mol. The molecule has 0 N–H and O–H groups in total. The molecule has 132 valence electrons. The first kappa shape index (κ1) is 17.4. The van der Waals surface area contributed by atoms with Crippen LogP contribution in [0.4, 0.5) is 0 Å². The maximum atomic E-state index is 12.6. The number of hydrogen-bond acceptors (Lipinski definition) is 5. The van der Waals surface area contributed by atoms with E-state index in [-0.39, 0.29) is 23.8 Å². The number of benzene rings is 1. The van der Waals surface area contributed by atoms with Gasteiger partial charge >= 0.3 is 0 Å². The Morgan fingerprint density at radius 3 is 2.56 bits per heavy atom. The van der Waals surface area contributed by atoms with Crippen molar-refractivity contribution < 1.29 is 14.3 Å². The number of methoxy groups -OCH3 is 2. The molecule has 1 aromatic heterocycles. The van der Waals surface area contributed by atoms with Gasteiger partial charge in [0, 0.05) is 38.5 Å². The van der Waals surface area contributed by atoms with Gasteiger partial charge in [0.05, 0.1) is 13.2 Å². The molecule has 2 aromatic rings. The summed E-state index contributed by atoms with van der Waals surface area (Å²) in [5.41, 5.74) is 1.21. The predicted octanol–water partition coefficient (Wildman–Crippen LogP) is 2.21. The van der Waals surface area contributed by atoms with E-state index in [0.717, 1.165) is 18.6 Å². The second kappa shape index (κ2) is 8.07. The van der Waals surface area contributed by atoms with Gasteiger partial charge < -0.3 is 14.4 Å². The molecule has 3 rings (SSSR count). The van der Waals surface area contributed by atoms with Crippen LogP contribution in [0, 0.1) is 5.92 Å². The van der Waals surface area contributed by atoms with Crippen LogP contribution in [0.1, 0.15) is 22.6 Å². The molecule has 6 nitrogen and oxygen atoms in total. The van der Waals surface area contributed by atoms with Crippen molar-refractivity contribution in [1.29, 1.82) is 0 Å². The Kier molecular flexibility index (Phi) is 5.60. The van der Waals surface area contributed by atoms with E-state index >= 15 is 0 Å². The average Bonchev–Trinajstić information content (AvgIpc) is 2.68. The zero-order valence-corrected chi connectivity index (χ0v) is 14.6. The highest BCUT2D eigenvalue weighted by Gasteiger charge is 2.32. The minimum atomic E-state index is -0.116. The molecule has 0 saturated carbocycles. The zero-order chi connectivity index (χ0) is 17.6. The Labute approximate surface area is 147 Å². The molecule has 0 bridgehead atoms. The average molecular weight is 341 g/mol. The first-order valence-electron chi connectivity index (χ1n) is 8.43. The Balaban J connectivity index is 1.70. The Morgan fingerprint density at radius 1 is 1.20 bits per heavy atom. The molecule has 2 atom stereocenters. The van der Waals surface area contributed by atoms with Crippen molar-refractivity contribution in [1.82, 2.24) is 14.9 Å². The molecule has 6 heteroatoms. The second-order valence-electron chi connectivity index (χ2n) is 6.20. The Hall–Kier alpha value is -2.47. The van der Waals surface area contributed by atoms with Crippen LogP contribution < -0.4 is 4.74 Å². The number of amides is 1. The van der Waals surface area contributed by atoms with Gasteiger partial charge in [0.25, 0.3) is 5.91 Å². The van der Waals surface area contributed by atoms with Crippen molar-refractivity contribution in [2.45, 2.75) is 18.9 Å². The molecule has 0 spiro atoms. The van der Waals surface area contributed by atoms with Crippen LogP contribution in [0.15, 0.2) is 42.7 Å². The lowest BCUT2D eigenvalue weighted by Crippen LogP contribution is -2.47. The molecule has 1 saturated heterocycles. The van der Waals surface area contributed by atoms with Crippen molar-refractivity contribution >= 4 is 5.91 Å². The third kappa shape index (κ3) is 4.14. The summed E-state index contributed by atoms with van der Waals surface area (Å²) >= 11 is 0. The highest BCUT2D eigenvalue weighted by Crippen LogP contribution is 2.25. The first-order chi connectivity index (χ1) is 12.2. The van der Waals surface area contributed by atoms with Gasteiger partial charge in [-0.15, -0.1) is 0 Å². The summed E-state index contributed by atoms with van der Waals surface area (Å²) in [7, 11) is 3.40. The third-order valence-corrected chi connectivity index (χ3v) is 4.67. The molecule has 1 aromatic carbocycles. The van der Waals surface area contributed by atoms with E-state index in [1.807, 2.05) is 17.0 Å². The van der Waals surface area contributed by atoms with Gasteiger partial charge in [0.2, 0.25) is 5.82 Å². The lowest BCUT2D eigenvalue weighted by atomic mass is 9.88. The minimum absolute atomic E-state index is 0.116. The number of piperidine rings is 1. The van der Waals surface area contributed by atoms with E-state index in [0.29, 0.717) is 13.1 Å². The fourth-order valence-corrected chi connectivity index (χ4v) is 3.32. The number of likely N-dealkylation sites (tertiary alicyclic amines) is 1. The molecule has 0 aliphatic carbocycles. The van der Waals surface area contributed by atoms with E-state index < -0.39 is 0 Å². The number of nitrogens with zero attached hydrogens (tertiary/aromatic N) is 3. The summed E-state index contributed by atoms with van der Waals surface area (Å²) in [4.78, 5) is 22.6. The number of aromatic nitrogens is 2. The fourth-order valence-electron chi connectivity index (χ4n) is 3.32. The smallest absolute Gasteiger partial charge is 0.291 e. The van der Waals surface area contributed by atoms with Crippen LogP contribution in [0.3, 0.4) is 0 Å². The molecule has 25 heavy (non-hydrogen) atoms. The van der Waals surface area contributed by atoms with Crippen molar-refractivity contribution in [2.24, 2.45) is 5.92 Å². The maximum Gasteiger partial charge on any atom is 0.291 e. The molecule has 1 amide bonds. The first-order valence-corrected chi connectivity index (χ1v) is 8.43. The lowest BCUT2D eigenvalue weighted by Gasteiger charge is -2.37. The van der Waals surface area contributed by atoms with Gasteiger partial charge in [-0.1, -0.05) is 12.1 Å². The normalized spacial score (nSPS) is 20.3. The number of carbonyl (C=O) groups is 1. The van der Waals surface area contributed by atoms with Crippen LogP contribution in [-0.4, -0.2) is 54.2 Å². The van der Waals surface area contributed by atoms with E-state index in [1.54, 1.807) is 32.7 Å². The van der Waals surface area contributed by atoms with Gasteiger partial charge in [-0.3, -0.25) is 4.79 Å². The predicted molar refractivity (Wildman–Crippen MR) is 93.5 cm³/mol. The third-order valence-electron chi connectivity index (χ3n) is 4.67. The molecule has 1 aliphatic rings. The number of ether oxygens (including phenoxy) is 2. The number of hydrogen-bond donors (Lipinski definition) is 0. The summed E-state index contributed by atoms with van der Waals surface area (Å²) in [5.74, 6) is 1.21. The number of rotatable bonds is 5. The van der Waals surface area contributed by atoms with E-state index in [9.17, 15) is 4.79 Å². The van der Waals surface area contributed by atoms with Gasteiger partial charge in [-0.05, 0) is 36.6 Å². The topological polar surface area (TPSA) is 64.5 Å². The van der Waals surface area contributed by atoms with Crippen LogP contribution in [0.25, 0.3) is 0 Å². The van der Waals surface area contributed by atoms with Crippen LogP contribution in [0.5, 0.6) is 5.75 Å². The van der Waals surface area contributed by atoms with Crippen molar-refractivity contribution in [3.8, 4) is 5.75 Å². The highest BCUT2D eigenvalue weighted by atomic mass is 16.5. The standard InChI is InChI=1S/C19H23N3O3/c1-24-16-6-4-14(5-7-16)12-15-13-22(11-8-17(15)25-2)19(23)18-20-9-3-10-21-18/h3-7,9-10,15,17H,8,11-13H2,1-2H3/t15-,17+/m0/s1. The van der Waals surface area contributed by atoms with E-state index in [4.69, 9.17) is 9.47 Å². The monoisotopic (exact) mass is 341 g/mol. The molecule has 1 fully saturated rings. The quantitative estimate of drug-likeness (QED) is 0.834.